The van der Waals surface area contributed by atoms with Gasteiger partial charge in [0.1, 0.15) is 11.9 Å². The van der Waals surface area contributed by atoms with Crippen LogP contribution in [0.15, 0.2) is 24.3 Å². The van der Waals surface area contributed by atoms with Crippen molar-refractivity contribution in [2.45, 2.75) is 45.6 Å². The summed E-state index contributed by atoms with van der Waals surface area (Å²) in [6, 6.07) is 5.39. The highest BCUT2D eigenvalue weighted by molar-refractivity contribution is 5.83. The summed E-state index contributed by atoms with van der Waals surface area (Å²) in [5.41, 5.74) is 0.461. The third-order valence-corrected chi connectivity index (χ3v) is 3.27. The number of halogens is 1. The zero-order chi connectivity index (χ0) is 16.0. The zero-order valence-corrected chi connectivity index (χ0v) is 12.6. The molecule has 0 aliphatic carbocycles. The van der Waals surface area contributed by atoms with E-state index in [9.17, 15) is 14.0 Å². The molecule has 0 fully saturated rings. The van der Waals surface area contributed by atoms with Gasteiger partial charge in [-0.15, -0.1) is 0 Å². The van der Waals surface area contributed by atoms with Crippen LogP contribution < -0.4 is 5.32 Å². The highest BCUT2D eigenvalue weighted by Gasteiger charge is 2.22. The molecular formula is C16H22FNO3. The highest BCUT2D eigenvalue weighted by atomic mass is 19.1. The van der Waals surface area contributed by atoms with Crippen LogP contribution in [0.25, 0.3) is 0 Å². The molecule has 5 heteroatoms. The molecule has 0 bridgehead atoms. The van der Waals surface area contributed by atoms with E-state index in [0.717, 1.165) is 0 Å². The lowest BCUT2D eigenvalue weighted by atomic mass is 9.96. The lowest BCUT2D eigenvalue weighted by molar-refractivity contribution is -0.142. The monoisotopic (exact) mass is 295 g/mol. The molecule has 0 heterocycles. The summed E-state index contributed by atoms with van der Waals surface area (Å²) in [6.45, 7) is 5.53. The minimum atomic E-state index is -1.05. The fourth-order valence-electron chi connectivity index (χ4n) is 2.21. The van der Waals surface area contributed by atoms with E-state index >= 15 is 0 Å². The van der Waals surface area contributed by atoms with Crippen molar-refractivity contribution in [3.8, 4) is 0 Å². The van der Waals surface area contributed by atoms with Crippen LogP contribution in [-0.4, -0.2) is 23.0 Å². The van der Waals surface area contributed by atoms with E-state index in [4.69, 9.17) is 5.11 Å². The van der Waals surface area contributed by atoms with Gasteiger partial charge in [0.2, 0.25) is 5.91 Å². The van der Waals surface area contributed by atoms with Gasteiger partial charge in [-0.25, -0.2) is 9.18 Å². The number of hydrogen-bond acceptors (Lipinski definition) is 2. The largest absolute Gasteiger partial charge is 0.480 e. The lowest BCUT2D eigenvalue weighted by Gasteiger charge is -2.18. The van der Waals surface area contributed by atoms with Crippen molar-refractivity contribution in [3.05, 3.63) is 35.6 Å². The Morgan fingerprint density at radius 3 is 2.38 bits per heavy atom. The molecule has 4 nitrogen and oxygen atoms in total. The first kappa shape index (κ1) is 17.1. The van der Waals surface area contributed by atoms with E-state index in [-0.39, 0.29) is 30.0 Å². The number of hydrogen-bond donors (Lipinski definition) is 2. The SMILES string of the molecule is CC(C)C[C@@H](NC(=O)CC(C)c1ccccc1F)C(=O)O. The molecule has 0 saturated carbocycles. The number of benzene rings is 1. The molecule has 0 aromatic heterocycles. The van der Waals surface area contributed by atoms with Crippen molar-refractivity contribution in [3.63, 3.8) is 0 Å². The Bertz CT molecular complexity index is 502. The summed E-state index contributed by atoms with van der Waals surface area (Å²) >= 11 is 0. The van der Waals surface area contributed by atoms with Crippen molar-refractivity contribution >= 4 is 11.9 Å². The predicted octanol–water partition coefficient (Wildman–Crippen LogP) is 2.93. The Labute approximate surface area is 124 Å². The minimum Gasteiger partial charge on any atom is -0.480 e. The van der Waals surface area contributed by atoms with Crippen molar-refractivity contribution in [2.24, 2.45) is 5.92 Å². The lowest BCUT2D eigenvalue weighted by Crippen LogP contribution is -2.42. The van der Waals surface area contributed by atoms with Gasteiger partial charge in [-0.2, -0.15) is 0 Å². The molecule has 0 aliphatic heterocycles. The Hall–Kier alpha value is -1.91. The van der Waals surface area contributed by atoms with Crippen LogP contribution >= 0.6 is 0 Å². The van der Waals surface area contributed by atoms with E-state index in [2.05, 4.69) is 5.32 Å². The van der Waals surface area contributed by atoms with E-state index < -0.39 is 12.0 Å². The van der Waals surface area contributed by atoms with Gasteiger partial charge < -0.3 is 10.4 Å². The summed E-state index contributed by atoms with van der Waals surface area (Å²) in [4.78, 5) is 23.0. The van der Waals surface area contributed by atoms with Gasteiger partial charge in [-0.05, 0) is 29.9 Å². The number of carboxylic acids is 1. The average Bonchev–Trinajstić information content (AvgIpc) is 2.37. The fourth-order valence-corrected chi connectivity index (χ4v) is 2.21. The number of carboxylic acid groups (broad SMARTS) is 1. The Kier molecular flexibility index (Phi) is 6.34. The molecule has 1 aromatic carbocycles. The molecule has 0 radical (unpaired) electrons. The van der Waals surface area contributed by atoms with Crippen LogP contribution in [0.3, 0.4) is 0 Å². The number of carbonyl (C=O) groups excluding carboxylic acids is 1. The number of carbonyl (C=O) groups is 2. The van der Waals surface area contributed by atoms with Crippen molar-refractivity contribution in [1.82, 2.24) is 5.32 Å². The van der Waals surface area contributed by atoms with Gasteiger partial charge in [0.05, 0.1) is 0 Å². The third kappa shape index (κ3) is 5.53. The van der Waals surface area contributed by atoms with E-state index in [0.29, 0.717) is 12.0 Å². The molecule has 1 unspecified atom stereocenters. The molecule has 1 aromatic rings. The number of nitrogens with one attached hydrogen (secondary N) is 1. The molecule has 0 aliphatic rings. The van der Waals surface area contributed by atoms with Crippen LogP contribution in [-0.2, 0) is 9.59 Å². The van der Waals surface area contributed by atoms with Crippen LogP contribution in [0.2, 0.25) is 0 Å². The highest BCUT2D eigenvalue weighted by Crippen LogP contribution is 2.21. The average molecular weight is 295 g/mol. The van der Waals surface area contributed by atoms with Gasteiger partial charge in [-0.3, -0.25) is 4.79 Å². The quantitative estimate of drug-likeness (QED) is 0.812. The molecule has 116 valence electrons. The van der Waals surface area contributed by atoms with Gasteiger partial charge >= 0.3 is 5.97 Å². The molecular weight excluding hydrogens is 273 g/mol. The van der Waals surface area contributed by atoms with E-state index in [1.54, 1.807) is 25.1 Å². The molecule has 1 rings (SSSR count). The summed E-state index contributed by atoms with van der Waals surface area (Å²) in [6.07, 6.45) is 0.429. The summed E-state index contributed by atoms with van der Waals surface area (Å²) in [5.74, 6) is -1.92. The van der Waals surface area contributed by atoms with Gasteiger partial charge in [0.25, 0.3) is 0 Å². The first-order chi connectivity index (χ1) is 9.81. The van der Waals surface area contributed by atoms with Crippen molar-refractivity contribution in [2.75, 3.05) is 0 Å². The smallest absolute Gasteiger partial charge is 0.326 e. The molecule has 2 N–H and O–H groups in total. The first-order valence-electron chi connectivity index (χ1n) is 7.07. The topological polar surface area (TPSA) is 66.4 Å². The summed E-state index contributed by atoms with van der Waals surface area (Å²) in [5, 5.41) is 11.6. The molecule has 1 amide bonds. The normalized spacial score (nSPS) is 13.8. The van der Waals surface area contributed by atoms with Crippen molar-refractivity contribution < 1.29 is 19.1 Å². The minimum absolute atomic E-state index is 0.0583. The molecule has 0 spiro atoms. The Balaban J connectivity index is 2.64. The van der Waals surface area contributed by atoms with Crippen molar-refractivity contribution in [1.29, 1.82) is 0 Å². The van der Waals surface area contributed by atoms with Gasteiger partial charge in [0.15, 0.2) is 0 Å². The van der Waals surface area contributed by atoms with Crippen LogP contribution in [0, 0.1) is 11.7 Å². The second-order valence-electron chi connectivity index (χ2n) is 5.71. The van der Waals surface area contributed by atoms with E-state index in [1.807, 2.05) is 13.8 Å². The van der Waals surface area contributed by atoms with Gasteiger partial charge in [0, 0.05) is 6.42 Å². The summed E-state index contributed by atoms with van der Waals surface area (Å²) in [7, 11) is 0. The maximum absolute atomic E-state index is 13.6. The number of amides is 1. The standard InChI is InChI=1S/C16H22FNO3/c1-10(2)8-14(16(20)21)18-15(19)9-11(3)12-6-4-5-7-13(12)17/h4-7,10-11,14H,8-9H2,1-3H3,(H,18,19)(H,20,21)/t11?,14-/m1/s1. The number of rotatable bonds is 7. The number of aliphatic carboxylic acids is 1. The van der Waals surface area contributed by atoms with Crippen LogP contribution in [0.4, 0.5) is 4.39 Å². The maximum atomic E-state index is 13.6. The second kappa shape index (κ2) is 7.76. The van der Waals surface area contributed by atoms with Crippen LogP contribution in [0.5, 0.6) is 0 Å². The van der Waals surface area contributed by atoms with Crippen LogP contribution in [0.1, 0.15) is 45.1 Å². The Morgan fingerprint density at radius 1 is 1.24 bits per heavy atom. The first-order valence-corrected chi connectivity index (χ1v) is 7.07. The molecule has 2 atom stereocenters. The Morgan fingerprint density at radius 2 is 1.86 bits per heavy atom. The van der Waals surface area contributed by atoms with Gasteiger partial charge in [-0.1, -0.05) is 39.0 Å². The maximum Gasteiger partial charge on any atom is 0.326 e. The fraction of sp³-hybridized carbons (Fsp3) is 0.500. The van der Waals surface area contributed by atoms with E-state index in [1.165, 1.54) is 6.07 Å². The zero-order valence-electron chi connectivity index (χ0n) is 12.6. The predicted molar refractivity (Wildman–Crippen MR) is 78.5 cm³/mol. The summed E-state index contributed by atoms with van der Waals surface area (Å²) < 4.78 is 13.6. The molecule has 21 heavy (non-hydrogen) atoms. The second-order valence-corrected chi connectivity index (χ2v) is 5.71. The third-order valence-electron chi connectivity index (χ3n) is 3.27. The molecule has 0 saturated heterocycles.